The Morgan fingerprint density at radius 2 is 2.30 bits per heavy atom. The monoisotopic (exact) mass is 317 g/mol. The fourth-order valence-corrected chi connectivity index (χ4v) is 2.96. The highest BCUT2D eigenvalue weighted by Gasteiger charge is 2.28. The predicted molar refractivity (Wildman–Crippen MR) is 82.3 cm³/mol. The molecule has 2 heterocycles. The Labute approximate surface area is 128 Å². The van der Waals surface area contributed by atoms with Crippen LogP contribution in [0.15, 0.2) is 17.5 Å². The van der Waals surface area contributed by atoms with Crippen LogP contribution in [0, 0.1) is 5.92 Å². The van der Waals surface area contributed by atoms with Gasteiger partial charge in [-0.2, -0.15) is 0 Å². The standard InChI is InChI=1S/C13H19N3O2S.ClH/c14-5-6-15-12(17)10-3-1-7-16(9-10)13(18)11-4-2-8-19-11;/h2,4,8,10H,1,3,5-7,9,14H2,(H,15,17);1H. The van der Waals surface area contributed by atoms with E-state index in [-0.39, 0.29) is 30.1 Å². The van der Waals surface area contributed by atoms with E-state index in [1.165, 1.54) is 11.3 Å². The van der Waals surface area contributed by atoms with Gasteiger partial charge in [-0.25, -0.2) is 0 Å². The van der Waals surface area contributed by atoms with Gasteiger partial charge in [-0.05, 0) is 24.3 Å². The average Bonchev–Trinajstić information content (AvgIpc) is 2.98. The molecule has 0 saturated carbocycles. The van der Waals surface area contributed by atoms with Crippen molar-refractivity contribution in [2.24, 2.45) is 11.7 Å². The van der Waals surface area contributed by atoms with Gasteiger partial charge in [0.05, 0.1) is 10.8 Å². The summed E-state index contributed by atoms with van der Waals surface area (Å²) in [6, 6.07) is 3.69. The maximum Gasteiger partial charge on any atom is 0.263 e. The van der Waals surface area contributed by atoms with Crippen molar-refractivity contribution < 1.29 is 9.59 Å². The van der Waals surface area contributed by atoms with E-state index in [1.54, 1.807) is 4.90 Å². The van der Waals surface area contributed by atoms with Crippen LogP contribution in [0.25, 0.3) is 0 Å². The Kier molecular flexibility index (Phi) is 6.98. The smallest absolute Gasteiger partial charge is 0.263 e. The van der Waals surface area contributed by atoms with Crippen molar-refractivity contribution in [2.75, 3.05) is 26.2 Å². The van der Waals surface area contributed by atoms with Crippen molar-refractivity contribution in [1.82, 2.24) is 10.2 Å². The molecule has 2 amide bonds. The van der Waals surface area contributed by atoms with Crippen LogP contribution in [0.2, 0.25) is 0 Å². The predicted octanol–water partition coefficient (Wildman–Crippen LogP) is 1.10. The van der Waals surface area contributed by atoms with Crippen LogP contribution in [-0.2, 0) is 4.79 Å². The number of carbonyl (C=O) groups excluding carboxylic acids is 2. The van der Waals surface area contributed by atoms with E-state index in [9.17, 15) is 9.59 Å². The lowest BCUT2D eigenvalue weighted by Crippen LogP contribution is -2.46. The molecule has 5 nitrogen and oxygen atoms in total. The molecule has 20 heavy (non-hydrogen) atoms. The van der Waals surface area contributed by atoms with Crippen molar-refractivity contribution in [1.29, 1.82) is 0 Å². The number of hydrogen-bond acceptors (Lipinski definition) is 4. The van der Waals surface area contributed by atoms with Gasteiger partial charge >= 0.3 is 0 Å². The number of nitrogens with two attached hydrogens (primary N) is 1. The summed E-state index contributed by atoms with van der Waals surface area (Å²) in [5.41, 5.74) is 5.37. The van der Waals surface area contributed by atoms with E-state index < -0.39 is 0 Å². The van der Waals surface area contributed by atoms with E-state index in [1.807, 2.05) is 17.5 Å². The number of likely N-dealkylation sites (tertiary alicyclic amines) is 1. The maximum absolute atomic E-state index is 12.2. The molecule has 1 atom stereocenters. The third-order valence-electron chi connectivity index (χ3n) is 3.25. The Morgan fingerprint density at radius 3 is 2.95 bits per heavy atom. The molecule has 1 saturated heterocycles. The Bertz CT molecular complexity index is 439. The van der Waals surface area contributed by atoms with Gasteiger partial charge in [0.2, 0.25) is 5.91 Å². The van der Waals surface area contributed by atoms with Crippen molar-refractivity contribution in [3.8, 4) is 0 Å². The first-order valence-corrected chi connectivity index (χ1v) is 7.41. The van der Waals surface area contributed by atoms with Gasteiger partial charge < -0.3 is 16.0 Å². The molecule has 0 radical (unpaired) electrons. The first kappa shape index (κ1) is 16.9. The molecule has 112 valence electrons. The molecular formula is C13H20ClN3O2S. The van der Waals surface area contributed by atoms with Gasteiger partial charge in [-0.1, -0.05) is 6.07 Å². The minimum absolute atomic E-state index is 0. The zero-order valence-corrected chi connectivity index (χ0v) is 12.8. The Morgan fingerprint density at radius 1 is 1.50 bits per heavy atom. The third kappa shape index (κ3) is 4.19. The number of thiophene rings is 1. The van der Waals surface area contributed by atoms with E-state index in [4.69, 9.17) is 5.73 Å². The minimum atomic E-state index is -0.107. The highest BCUT2D eigenvalue weighted by Crippen LogP contribution is 2.20. The molecule has 1 fully saturated rings. The van der Waals surface area contributed by atoms with Crippen LogP contribution >= 0.6 is 23.7 Å². The van der Waals surface area contributed by atoms with Gasteiger partial charge in [0.1, 0.15) is 0 Å². The lowest BCUT2D eigenvalue weighted by atomic mass is 9.97. The summed E-state index contributed by atoms with van der Waals surface area (Å²) in [7, 11) is 0. The molecule has 0 bridgehead atoms. The van der Waals surface area contributed by atoms with Gasteiger partial charge in [0.15, 0.2) is 0 Å². The normalized spacial score (nSPS) is 18.2. The van der Waals surface area contributed by atoms with E-state index >= 15 is 0 Å². The second-order valence-corrected chi connectivity index (χ2v) is 5.60. The summed E-state index contributed by atoms with van der Waals surface area (Å²) in [6.07, 6.45) is 1.71. The second-order valence-electron chi connectivity index (χ2n) is 4.65. The summed E-state index contributed by atoms with van der Waals surface area (Å²) in [5, 5.41) is 4.69. The molecule has 1 aliphatic rings. The number of piperidine rings is 1. The van der Waals surface area contributed by atoms with Crippen LogP contribution in [0.3, 0.4) is 0 Å². The summed E-state index contributed by atoms with van der Waals surface area (Å²) >= 11 is 1.44. The number of nitrogens with zero attached hydrogens (tertiary/aromatic N) is 1. The highest BCUT2D eigenvalue weighted by molar-refractivity contribution is 7.12. The molecule has 0 spiro atoms. The third-order valence-corrected chi connectivity index (χ3v) is 4.11. The van der Waals surface area contributed by atoms with Gasteiger partial charge in [-0.15, -0.1) is 23.7 Å². The molecule has 1 aromatic rings. The zero-order chi connectivity index (χ0) is 13.7. The van der Waals surface area contributed by atoms with Crippen molar-refractivity contribution in [2.45, 2.75) is 12.8 Å². The highest BCUT2D eigenvalue weighted by atomic mass is 35.5. The van der Waals surface area contributed by atoms with Crippen molar-refractivity contribution >= 4 is 35.6 Å². The molecule has 1 unspecified atom stereocenters. The number of carbonyl (C=O) groups is 2. The number of nitrogens with one attached hydrogen (secondary N) is 1. The topological polar surface area (TPSA) is 75.4 Å². The lowest BCUT2D eigenvalue weighted by molar-refractivity contribution is -0.126. The van der Waals surface area contributed by atoms with Crippen LogP contribution < -0.4 is 11.1 Å². The quantitative estimate of drug-likeness (QED) is 0.873. The number of halogens is 1. The van der Waals surface area contributed by atoms with Gasteiger partial charge in [-0.3, -0.25) is 9.59 Å². The average molecular weight is 318 g/mol. The van der Waals surface area contributed by atoms with Crippen molar-refractivity contribution in [3.05, 3.63) is 22.4 Å². The number of amides is 2. The van der Waals surface area contributed by atoms with Gasteiger partial charge in [0, 0.05) is 26.2 Å². The zero-order valence-electron chi connectivity index (χ0n) is 11.2. The van der Waals surface area contributed by atoms with E-state index in [2.05, 4.69) is 5.32 Å². The summed E-state index contributed by atoms with van der Waals surface area (Å²) in [5.74, 6) is -0.0651. The van der Waals surface area contributed by atoms with E-state index in [0.29, 0.717) is 19.6 Å². The SMILES string of the molecule is Cl.NCCNC(=O)C1CCCN(C(=O)c2cccs2)C1. The lowest BCUT2D eigenvalue weighted by Gasteiger charge is -2.31. The number of hydrogen-bond donors (Lipinski definition) is 2. The molecule has 7 heteroatoms. The molecule has 2 rings (SSSR count). The van der Waals surface area contributed by atoms with Crippen LogP contribution in [0.5, 0.6) is 0 Å². The molecule has 0 aliphatic carbocycles. The van der Waals surface area contributed by atoms with Crippen LogP contribution in [-0.4, -0.2) is 42.9 Å². The molecular weight excluding hydrogens is 298 g/mol. The van der Waals surface area contributed by atoms with E-state index in [0.717, 1.165) is 24.3 Å². The Balaban J connectivity index is 0.00000200. The summed E-state index contributed by atoms with van der Waals surface area (Å²) in [4.78, 5) is 26.7. The van der Waals surface area contributed by atoms with Crippen LogP contribution in [0.1, 0.15) is 22.5 Å². The summed E-state index contributed by atoms with van der Waals surface area (Å²) in [6.45, 7) is 2.18. The first-order valence-electron chi connectivity index (χ1n) is 6.53. The first-order chi connectivity index (χ1) is 9.22. The summed E-state index contributed by atoms with van der Waals surface area (Å²) < 4.78 is 0. The molecule has 1 aromatic heterocycles. The largest absolute Gasteiger partial charge is 0.355 e. The fourth-order valence-electron chi connectivity index (χ4n) is 2.27. The Hall–Kier alpha value is -1.11. The molecule has 0 aromatic carbocycles. The second kappa shape index (κ2) is 8.24. The fraction of sp³-hybridized carbons (Fsp3) is 0.538. The minimum Gasteiger partial charge on any atom is -0.355 e. The molecule has 1 aliphatic heterocycles. The van der Waals surface area contributed by atoms with Crippen LogP contribution in [0.4, 0.5) is 0 Å². The van der Waals surface area contributed by atoms with Gasteiger partial charge in [0.25, 0.3) is 5.91 Å². The maximum atomic E-state index is 12.2. The molecule has 3 N–H and O–H groups in total. The number of rotatable bonds is 4. The van der Waals surface area contributed by atoms with Crippen molar-refractivity contribution in [3.63, 3.8) is 0 Å².